The molecule has 2 nitrogen and oxygen atoms in total. The minimum absolute atomic E-state index is 0.0277. The lowest BCUT2D eigenvalue weighted by Crippen LogP contribution is -2.22. The first-order chi connectivity index (χ1) is 10.3. The minimum Gasteiger partial charge on any atom is -0.426 e. The molecule has 0 atom stereocenters. The van der Waals surface area contributed by atoms with Crippen LogP contribution in [-0.2, 0) is 4.79 Å². The molecule has 0 saturated heterocycles. The van der Waals surface area contributed by atoms with Crippen LogP contribution in [0.25, 0.3) is 0 Å². The summed E-state index contributed by atoms with van der Waals surface area (Å²) in [6.07, 6.45) is 12.3. The van der Waals surface area contributed by atoms with Crippen molar-refractivity contribution >= 4 is 5.97 Å². The van der Waals surface area contributed by atoms with Crippen molar-refractivity contribution in [1.29, 1.82) is 0 Å². The topological polar surface area (TPSA) is 26.3 Å². The molecule has 0 spiro atoms. The fraction of sp³-hybridized carbons (Fsp3) is 0.632. The van der Waals surface area contributed by atoms with Gasteiger partial charge in [-0.05, 0) is 49.3 Å². The SMILES string of the molecule is O=C(Oc1ccc(C2CCCCC2)cc1)C1CCCCC1. The standard InChI is InChI=1S/C19H26O2/c20-19(17-9-5-2-6-10-17)21-18-13-11-16(12-14-18)15-7-3-1-4-8-15/h11-15,17H,1-10H2. The summed E-state index contributed by atoms with van der Waals surface area (Å²) in [5, 5.41) is 0. The van der Waals surface area contributed by atoms with Gasteiger partial charge < -0.3 is 4.74 Å². The second-order valence-electron chi connectivity index (χ2n) is 6.66. The van der Waals surface area contributed by atoms with Crippen LogP contribution in [0.1, 0.15) is 75.7 Å². The van der Waals surface area contributed by atoms with Gasteiger partial charge in [0.1, 0.15) is 5.75 Å². The average molecular weight is 286 g/mol. The van der Waals surface area contributed by atoms with E-state index in [9.17, 15) is 4.79 Å². The highest BCUT2D eigenvalue weighted by Gasteiger charge is 2.23. The molecule has 0 unspecified atom stereocenters. The first-order valence-corrected chi connectivity index (χ1v) is 8.64. The van der Waals surface area contributed by atoms with Crippen molar-refractivity contribution in [1.82, 2.24) is 0 Å². The van der Waals surface area contributed by atoms with Crippen LogP contribution < -0.4 is 4.74 Å². The molecular formula is C19H26O2. The highest BCUT2D eigenvalue weighted by atomic mass is 16.5. The van der Waals surface area contributed by atoms with Gasteiger partial charge in [-0.1, -0.05) is 50.7 Å². The lowest BCUT2D eigenvalue weighted by molar-refractivity contribution is -0.139. The lowest BCUT2D eigenvalue weighted by Gasteiger charge is -2.22. The molecule has 21 heavy (non-hydrogen) atoms. The van der Waals surface area contributed by atoms with Crippen LogP contribution >= 0.6 is 0 Å². The van der Waals surface area contributed by atoms with Gasteiger partial charge in [0, 0.05) is 0 Å². The molecule has 0 radical (unpaired) electrons. The van der Waals surface area contributed by atoms with Crippen molar-refractivity contribution in [2.24, 2.45) is 5.92 Å². The Kier molecular flexibility index (Phi) is 4.95. The van der Waals surface area contributed by atoms with Crippen LogP contribution in [0.15, 0.2) is 24.3 Å². The summed E-state index contributed by atoms with van der Waals surface area (Å²) in [6.45, 7) is 0. The lowest BCUT2D eigenvalue weighted by atomic mass is 9.84. The predicted octanol–water partition coefficient (Wildman–Crippen LogP) is 5.22. The summed E-state index contributed by atoms with van der Waals surface area (Å²) < 4.78 is 5.56. The Bertz CT molecular complexity index is 451. The third kappa shape index (κ3) is 3.87. The molecule has 0 N–H and O–H groups in total. The maximum Gasteiger partial charge on any atom is 0.314 e. The van der Waals surface area contributed by atoms with Gasteiger partial charge in [-0.3, -0.25) is 4.79 Å². The third-order valence-electron chi connectivity index (χ3n) is 5.11. The summed E-state index contributed by atoms with van der Waals surface area (Å²) >= 11 is 0. The average Bonchev–Trinajstić information content (AvgIpc) is 2.57. The first-order valence-electron chi connectivity index (χ1n) is 8.64. The molecule has 2 heteroatoms. The summed E-state index contributed by atoms with van der Waals surface area (Å²) in [5.74, 6) is 1.52. The van der Waals surface area contributed by atoms with Crippen LogP contribution in [0.2, 0.25) is 0 Å². The zero-order chi connectivity index (χ0) is 14.5. The summed E-state index contributed by atoms with van der Waals surface area (Å²) in [4.78, 5) is 12.1. The predicted molar refractivity (Wildman–Crippen MR) is 84.5 cm³/mol. The second kappa shape index (κ2) is 7.11. The van der Waals surface area contributed by atoms with Crippen LogP contribution in [0, 0.1) is 5.92 Å². The normalized spacial score (nSPS) is 21.1. The molecule has 0 aliphatic heterocycles. The fourth-order valence-electron chi connectivity index (χ4n) is 3.78. The Morgan fingerprint density at radius 3 is 2.00 bits per heavy atom. The summed E-state index contributed by atoms with van der Waals surface area (Å²) in [6, 6.07) is 8.26. The molecule has 1 aromatic rings. The van der Waals surface area contributed by atoms with Crippen molar-refractivity contribution in [3.8, 4) is 5.75 Å². The molecule has 0 amide bonds. The number of carbonyl (C=O) groups excluding carboxylic acids is 1. The van der Waals surface area contributed by atoms with Crippen LogP contribution in [0.4, 0.5) is 0 Å². The van der Waals surface area contributed by atoms with E-state index < -0.39 is 0 Å². The molecule has 2 fully saturated rings. The van der Waals surface area contributed by atoms with Crippen LogP contribution in [-0.4, -0.2) is 5.97 Å². The van der Waals surface area contributed by atoms with Crippen molar-refractivity contribution < 1.29 is 9.53 Å². The monoisotopic (exact) mass is 286 g/mol. The van der Waals surface area contributed by atoms with Gasteiger partial charge >= 0.3 is 5.97 Å². The Labute approximate surface area is 127 Å². The van der Waals surface area contributed by atoms with Crippen molar-refractivity contribution in [3.63, 3.8) is 0 Å². The summed E-state index contributed by atoms with van der Waals surface area (Å²) in [5.41, 5.74) is 1.41. The van der Waals surface area contributed by atoms with Gasteiger partial charge in [0.2, 0.25) is 0 Å². The number of ether oxygens (including phenoxy) is 1. The third-order valence-corrected chi connectivity index (χ3v) is 5.11. The summed E-state index contributed by atoms with van der Waals surface area (Å²) in [7, 11) is 0. The highest BCUT2D eigenvalue weighted by molar-refractivity contribution is 5.75. The van der Waals surface area contributed by atoms with E-state index in [2.05, 4.69) is 12.1 Å². The van der Waals surface area contributed by atoms with E-state index in [1.807, 2.05) is 12.1 Å². The smallest absolute Gasteiger partial charge is 0.314 e. The number of hydrogen-bond donors (Lipinski definition) is 0. The molecule has 2 aliphatic carbocycles. The maximum absolute atomic E-state index is 12.1. The van der Waals surface area contributed by atoms with Gasteiger partial charge in [0.15, 0.2) is 0 Å². The Morgan fingerprint density at radius 2 is 1.38 bits per heavy atom. The van der Waals surface area contributed by atoms with E-state index in [-0.39, 0.29) is 11.9 Å². The zero-order valence-electron chi connectivity index (χ0n) is 12.9. The molecular weight excluding hydrogens is 260 g/mol. The van der Waals surface area contributed by atoms with Gasteiger partial charge in [-0.15, -0.1) is 0 Å². The van der Waals surface area contributed by atoms with Crippen molar-refractivity contribution in [3.05, 3.63) is 29.8 Å². The number of hydrogen-bond acceptors (Lipinski definition) is 2. The molecule has 3 rings (SSSR count). The van der Waals surface area contributed by atoms with Gasteiger partial charge in [0.05, 0.1) is 5.92 Å². The maximum atomic E-state index is 12.1. The van der Waals surface area contributed by atoms with E-state index in [0.717, 1.165) is 12.8 Å². The quantitative estimate of drug-likeness (QED) is 0.562. The molecule has 1 aromatic carbocycles. The van der Waals surface area contributed by atoms with Gasteiger partial charge in [-0.25, -0.2) is 0 Å². The zero-order valence-corrected chi connectivity index (χ0v) is 12.9. The number of esters is 1. The molecule has 0 aromatic heterocycles. The van der Waals surface area contributed by atoms with Crippen LogP contribution in [0.5, 0.6) is 5.75 Å². The number of carbonyl (C=O) groups is 1. The van der Waals surface area contributed by atoms with E-state index in [4.69, 9.17) is 4.74 Å². The van der Waals surface area contributed by atoms with E-state index >= 15 is 0 Å². The van der Waals surface area contributed by atoms with Crippen molar-refractivity contribution in [2.75, 3.05) is 0 Å². The molecule has 2 aliphatic rings. The van der Waals surface area contributed by atoms with E-state index in [1.165, 1.54) is 56.9 Å². The molecule has 0 heterocycles. The van der Waals surface area contributed by atoms with Crippen LogP contribution in [0.3, 0.4) is 0 Å². The largest absolute Gasteiger partial charge is 0.426 e. The number of benzene rings is 1. The van der Waals surface area contributed by atoms with E-state index in [0.29, 0.717) is 11.7 Å². The molecule has 114 valence electrons. The van der Waals surface area contributed by atoms with Gasteiger partial charge in [-0.2, -0.15) is 0 Å². The molecule has 0 bridgehead atoms. The fourth-order valence-corrected chi connectivity index (χ4v) is 3.78. The van der Waals surface area contributed by atoms with Crippen molar-refractivity contribution in [2.45, 2.75) is 70.1 Å². The second-order valence-corrected chi connectivity index (χ2v) is 6.66. The first kappa shape index (κ1) is 14.6. The number of rotatable bonds is 3. The minimum atomic E-state index is -0.0277. The molecule has 2 saturated carbocycles. The Morgan fingerprint density at radius 1 is 0.810 bits per heavy atom. The van der Waals surface area contributed by atoms with Gasteiger partial charge in [0.25, 0.3) is 0 Å². The highest BCUT2D eigenvalue weighted by Crippen LogP contribution is 2.33. The van der Waals surface area contributed by atoms with E-state index in [1.54, 1.807) is 0 Å². The Hall–Kier alpha value is -1.31. The Balaban J connectivity index is 1.57.